The third-order valence-electron chi connectivity index (χ3n) is 5.58. The molecular formula is C26H22N2O2. The SMILES string of the molecule is CC(C)(C)c1ccc2c(c1)c(-c1ccccc1)c(-c1ccccc1)c1c([O-])on[n+]12. The van der Waals surface area contributed by atoms with Crippen molar-refractivity contribution in [1.29, 1.82) is 0 Å². The highest BCUT2D eigenvalue weighted by atomic mass is 16.6. The lowest BCUT2D eigenvalue weighted by Gasteiger charge is -2.20. The van der Waals surface area contributed by atoms with Crippen LogP contribution in [0.1, 0.15) is 26.3 Å². The predicted octanol–water partition coefficient (Wildman–Crippen LogP) is 5.27. The molecule has 0 radical (unpaired) electrons. The first kappa shape index (κ1) is 18.4. The summed E-state index contributed by atoms with van der Waals surface area (Å²) in [5.74, 6) is -0.437. The van der Waals surface area contributed by atoms with Crippen LogP contribution in [0.4, 0.5) is 0 Å². The van der Waals surface area contributed by atoms with Crippen molar-refractivity contribution in [2.24, 2.45) is 0 Å². The zero-order valence-electron chi connectivity index (χ0n) is 17.2. The maximum atomic E-state index is 12.8. The van der Waals surface area contributed by atoms with Gasteiger partial charge in [0, 0.05) is 11.6 Å². The number of hydrogen-bond acceptors (Lipinski definition) is 3. The van der Waals surface area contributed by atoms with Crippen molar-refractivity contribution in [3.05, 3.63) is 84.4 Å². The Morgan fingerprint density at radius 1 is 0.800 bits per heavy atom. The summed E-state index contributed by atoms with van der Waals surface area (Å²) >= 11 is 0. The number of pyridine rings is 1. The summed E-state index contributed by atoms with van der Waals surface area (Å²) in [6.07, 6.45) is 0. The predicted molar refractivity (Wildman–Crippen MR) is 116 cm³/mol. The average molecular weight is 394 g/mol. The Hall–Kier alpha value is -3.66. The molecule has 0 N–H and O–H groups in total. The number of nitrogens with zero attached hydrogens (tertiary/aromatic N) is 2. The third-order valence-corrected chi connectivity index (χ3v) is 5.58. The van der Waals surface area contributed by atoms with E-state index in [0.717, 1.165) is 33.2 Å². The van der Waals surface area contributed by atoms with E-state index in [0.29, 0.717) is 5.52 Å². The van der Waals surface area contributed by atoms with Crippen LogP contribution in [0.3, 0.4) is 0 Å². The lowest BCUT2D eigenvalue weighted by atomic mass is 9.84. The monoisotopic (exact) mass is 394 g/mol. The van der Waals surface area contributed by atoms with E-state index in [1.165, 1.54) is 5.56 Å². The van der Waals surface area contributed by atoms with Crippen LogP contribution in [0, 0.1) is 0 Å². The number of fused-ring (bicyclic) bond motifs is 3. The Bertz CT molecular complexity index is 1370. The van der Waals surface area contributed by atoms with E-state index >= 15 is 0 Å². The molecular weight excluding hydrogens is 372 g/mol. The first-order valence-corrected chi connectivity index (χ1v) is 10.0. The molecule has 2 aromatic heterocycles. The van der Waals surface area contributed by atoms with E-state index in [9.17, 15) is 5.11 Å². The van der Waals surface area contributed by atoms with Gasteiger partial charge in [-0.3, -0.25) is 0 Å². The highest BCUT2D eigenvalue weighted by molar-refractivity contribution is 6.06. The molecule has 0 saturated carbocycles. The van der Waals surface area contributed by atoms with Crippen LogP contribution < -0.4 is 9.62 Å². The Morgan fingerprint density at radius 2 is 1.40 bits per heavy atom. The Morgan fingerprint density at radius 3 is 2.00 bits per heavy atom. The van der Waals surface area contributed by atoms with Gasteiger partial charge in [0.15, 0.2) is 5.95 Å². The summed E-state index contributed by atoms with van der Waals surface area (Å²) in [6.45, 7) is 6.60. The standard InChI is InChI=1S/C26H22N2O2/c1-26(2,3)19-14-15-21-20(16-19)22(17-10-6-4-7-11-17)23(18-12-8-5-9-13-18)24-25(29)30-27-28(21)24/h4-16H,1-3H3. The smallest absolute Gasteiger partial charge is 0.272 e. The minimum absolute atomic E-state index is 0.0117. The lowest BCUT2D eigenvalue weighted by molar-refractivity contribution is -0.567. The first-order valence-electron chi connectivity index (χ1n) is 10.0. The van der Waals surface area contributed by atoms with Crippen molar-refractivity contribution in [3.63, 3.8) is 0 Å². The second kappa shape index (κ2) is 6.70. The second-order valence-corrected chi connectivity index (χ2v) is 8.58. The maximum Gasteiger partial charge on any atom is 0.272 e. The average Bonchev–Trinajstić information content (AvgIpc) is 3.14. The van der Waals surface area contributed by atoms with Crippen molar-refractivity contribution in [2.75, 3.05) is 0 Å². The minimum Gasteiger partial charge on any atom is -0.539 e. The second-order valence-electron chi connectivity index (χ2n) is 8.58. The maximum absolute atomic E-state index is 12.8. The van der Waals surface area contributed by atoms with Gasteiger partial charge < -0.3 is 9.63 Å². The minimum atomic E-state index is -0.437. The molecule has 0 amide bonds. The Labute approximate surface area is 175 Å². The van der Waals surface area contributed by atoms with Crippen LogP contribution in [0.15, 0.2) is 83.4 Å². The van der Waals surface area contributed by atoms with Gasteiger partial charge in [0.2, 0.25) is 5.52 Å². The van der Waals surface area contributed by atoms with Crippen molar-refractivity contribution >= 4 is 16.4 Å². The summed E-state index contributed by atoms with van der Waals surface area (Å²) in [7, 11) is 0. The zero-order chi connectivity index (χ0) is 20.9. The fourth-order valence-electron chi connectivity index (χ4n) is 4.05. The molecule has 0 saturated heterocycles. The Kier molecular flexibility index (Phi) is 4.10. The van der Waals surface area contributed by atoms with Crippen molar-refractivity contribution in [1.82, 2.24) is 5.27 Å². The van der Waals surface area contributed by atoms with Gasteiger partial charge in [-0.25, -0.2) is 0 Å². The summed E-state index contributed by atoms with van der Waals surface area (Å²) in [6, 6.07) is 26.5. The van der Waals surface area contributed by atoms with E-state index in [4.69, 9.17) is 4.52 Å². The molecule has 2 heterocycles. The summed E-state index contributed by atoms with van der Waals surface area (Å²) in [5.41, 5.74) is 6.38. The largest absolute Gasteiger partial charge is 0.539 e. The molecule has 5 rings (SSSR count). The van der Waals surface area contributed by atoms with Crippen LogP contribution in [-0.2, 0) is 5.41 Å². The van der Waals surface area contributed by atoms with Gasteiger partial charge in [0.25, 0.3) is 5.52 Å². The highest BCUT2D eigenvalue weighted by Crippen LogP contribution is 2.42. The molecule has 3 aromatic carbocycles. The molecule has 0 bridgehead atoms. The van der Waals surface area contributed by atoms with Gasteiger partial charge in [-0.05, 0) is 32.7 Å². The molecule has 0 atom stereocenters. The number of benzene rings is 3. The number of rotatable bonds is 2. The zero-order valence-corrected chi connectivity index (χ0v) is 17.2. The fourth-order valence-corrected chi connectivity index (χ4v) is 4.05. The van der Waals surface area contributed by atoms with Crippen molar-refractivity contribution in [2.45, 2.75) is 26.2 Å². The van der Waals surface area contributed by atoms with Gasteiger partial charge in [-0.1, -0.05) is 87.5 Å². The van der Waals surface area contributed by atoms with Gasteiger partial charge in [-0.15, -0.1) is 0 Å². The highest BCUT2D eigenvalue weighted by Gasteiger charge is 2.28. The summed E-state index contributed by atoms with van der Waals surface area (Å²) < 4.78 is 6.77. The normalized spacial score (nSPS) is 12.0. The van der Waals surface area contributed by atoms with Gasteiger partial charge in [-0.2, -0.15) is 0 Å². The van der Waals surface area contributed by atoms with Crippen molar-refractivity contribution < 1.29 is 14.1 Å². The fraction of sp³-hybridized carbons (Fsp3) is 0.154. The van der Waals surface area contributed by atoms with E-state index in [1.54, 1.807) is 4.52 Å². The van der Waals surface area contributed by atoms with Gasteiger partial charge in [0.1, 0.15) is 0 Å². The molecule has 0 aliphatic heterocycles. The van der Waals surface area contributed by atoms with Crippen LogP contribution in [0.5, 0.6) is 5.95 Å². The molecule has 5 aromatic rings. The molecule has 4 nitrogen and oxygen atoms in total. The first-order chi connectivity index (χ1) is 14.4. The topological polar surface area (TPSA) is 53.2 Å². The molecule has 0 spiro atoms. The number of aromatic nitrogens is 2. The van der Waals surface area contributed by atoms with Gasteiger partial charge in [0.05, 0.1) is 16.2 Å². The molecule has 0 aliphatic carbocycles. The summed E-state index contributed by atoms with van der Waals surface area (Å²) in [4.78, 5) is 0. The van der Waals surface area contributed by atoms with Gasteiger partial charge >= 0.3 is 0 Å². The van der Waals surface area contributed by atoms with Crippen LogP contribution in [0.2, 0.25) is 0 Å². The number of hydrogen-bond donors (Lipinski definition) is 0. The molecule has 0 fully saturated rings. The molecule has 30 heavy (non-hydrogen) atoms. The quantitative estimate of drug-likeness (QED) is 0.383. The molecule has 0 aliphatic rings. The van der Waals surface area contributed by atoms with Crippen LogP contribution in [0.25, 0.3) is 38.7 Å². The molecule has 0 unspecified atom stereocenters. The summed E-state index contributed by atoms with van der Waals surface area (Å²) in [5, 5.41) is 17.9. The molecule has 148 valence electrons. The van der Waals surface area contributed by atoms with Crippen LogP contribution >= 0.6 is 0 Å². The van der Waals surface area contributed by atoms with Crippen molar-refractivity contribution in [3.8, 4) is 28.2 Å². The van der Waals surface area contributed by atoms with E-state index in [-0.39, 0.29) is 5.41 Å². The third kappa shape index (κ3) is 2.84. The molecule has 4 heteroatoms. The van der Waals surface area contributed by atoms with E-state index < -0.39 is 5.95 Å². The van der Waals surface area contributed by atoms with E-state index in [2.05, 4.69) is 50.3 Å². The lowest BCUT2D eigenvalue weighted by Crippen LogP contribution is -2.26. The van der Waals surface area contributed by atoms with Crippen LogP contribution in [-0.4, -0.2) is 5.27 Å². The Balaban J connectivity index is 2.04. The van der Waals surface area contributed by atoms with E-state index in [1.807, 2.05) is 54.6 Å².